The van der Waals surface area contributed by atoms with E-state index in [1.165, 1.54) is 0 Å². The van der Waals surface area contributed by atoms with Crippen LogP contribution in [0.4, 0.5) is 4.79 Å². The Labute approximate surface area is 244 Å². The summed E-state index contributed by atoms with van der Waals surface area (Å²) in [5, 5.41) is 12.6. The number of hydrogen-bond acceptors (Lipinski definition) is 4. The lowest BCUT2D eigenvalue weighted by Crippen LogP contribution is -2.06. The highest BCUT2D eigenvalue weighted by atomic mass is 16.7. The van der Waals surface area contributed by atoms with Gasteiger partial charge >= 0.3 is 6.16 Å². The average Bonchev–Trinajstić information content (AvgIpc) is 3.36. The molecule has 210 valence electrons. The van der Waals surface area contributed by atoms with Crippen molar-refractivity contribution in [3.63, 3.8) is 0 Å². The average molecular weight is 558 g/mol. The lowest BCUT2D eigenvalue weighted by atomic mass is 9.97. The molecule has 0 radical (unpaired) electrons. The number of H-pyrrole nitrogens is 1. The number of ether oxygens (including phenoxy) is 3. The van der Waals surface area contributed by atoms with Gasteiger partial charge in [0.25, 0.3) is 0 Å². The number of aromatic amines is 1. The molecule has 0 atom stereocenters. The van der Waals surface area contributed by atoms with Crippen LogP contribution in [0.25, 0.3) is 21.7 Å². The van der Waals surface area contributed by atoms with Crippen molar-refractivity contribution < 1.29 is 24.1 Å². The smallest absolute Gasteiger partial charge is 0.493 e. The first-order valence-electron chi connectivity index (χ1n) is 14.0. The number of hydrogen-bond donors (Lipinski definition) is 2. The molecule has 6 aromatic rings. The predicted molar refractivity (Wildman–Crippen MR) is 165 cm³/mol. The van der Waals surface area contributed by atoms with Crippen LogP contribution in [0.5, 0.6) is 17.4 Å². The van der Waals surface area contributed by atoms with Crippen molar-refractivity contribution in [2.24, 2.45) is 0 Å². The second kappa shape index (κ2) is 12.5. The number of nitrogens with one attached hydrogen (secondary N) is 1. The van der Waals surface area contributed by atoms with E-state index in [0.717, 1.165) is 55.4 Å². The first-order valence-corrected chi connectivity index (χ1v) is 14.0. The number of carbonyl (C=O) groups is 1. The van der Waals surface area contributed by atoms with Crippen molar-refractivity contribution in [2.75, 3.05) is 6.61 Å². The first-order chi connectivity index (χ1) is 20.7. The molecule has 6 nitrogen and oxygen atoms in total. The molecule has 6 rings (SSSR count). The van der Waals surface area contributed by atoms with Gasteiger partial charge in [0.05, 0.1) is 12.1 Å². The van der Waals surface area contributed by atoms with E-state index in [1.54, 1.807) is 0 Å². The van der Waals surface area contributed by atoms with Crippen molar-refractivity contribution in [3.8, 4) is 17.4 Å². The molecule has 0 aliphatic heterocycles. The van der Waals surface area contributed by atoms with Crippen molar-refractivity contribution in [3.05, 3.63) is 138 Å². The normalized spacial score (nSPS) is 11.0. The van der Waals surface area contributed by atoms with Crippen molar-refractivity contribution >= 4 is 27.8 Å². The highest BCUT2D eigenvalue weighted by molar-refractivity contribution is 5.90. The molecule has 0 spiro atoms. The van der Waals surface area contributed by atoms with Crippen LogP contribution in [0.1, 0.15) is 28.7 Å². The molecule has 0 aliphatic rings. The van der Waals surface area contributed by atoms with Gasteiger partial charge in [0.1, 0.15) is 18.1 Å². The summed E-state index contributed by atoms with van der Waals surface area (Å²) in [5.41, 5.74) is 4.99. The Balaban J connectivity index is 1.21. The summed E-state index contributed by atoms with van der Waals surface area (Å²) in [6, 6.07) is 38.2. The summed E-state index contributed by atoms with van der Waals surface area (Å²) < 4.78 is 17.4. The van der Waals surface area contributed by atoms with E-state index in [1.807, 2.05) is 78.9 Å². The van der Waals surface area contributed by atoms with Crippen LogP contribution in [-0.4, -0.2) is 22.9 Å². The number of para-hydroxylation sites is 2. The zero-order chi connectivity index (χ0) is 28.7. The minimum atomic E-state index is -1.35. The van der Waals surface area contributed by atoms with E-state index >= 15 is 0 Å². The Morgan fingerprint density at radius 1 is 0.690 bits per heavy atom. The maximum atomic E-state index is 11.6. The molecule has 0 amide bonds. The largest absolute Gasteiger partial charge is 0.512 e. The zero-order valence-corrected chi connectivity index (χ0v) is 23.1. The van der Waals surface area contributed by atoms with E-state index < -0.39 is 6.16 Å². The number of fused-ring (bicyclic) bond motifs is 2. The van der Waals surface area contributed by atoms with E-state index in [2.05, 4.69) is 41.4 Å². The Bertz CT molecular complexity index is 1820. The molecule has 1 heterocycles. The van der Waals surface area contributed by atoms with E-state index in [9.17, 15) is 9.90 Å². The Hall–Kier alpha value is -5.23. The number of rotatable bonds is 11. The van der Waals surface area contributed by atoms with E-state index in [4.69, 9.17) is 14.2 Å². The highest BCUT2D eigenvalue weighted by Crippen LogP contribution is 2.33. The van der Waals surface area contributed by atoms with Gasteiger partial charge in [-0.3, -0.25) is 0 Å². The van der Waals surface area contributed by atoms with Gasteiger partial charge in [-0.25, -0.2) is 4.79 Å². The van der Waals surface area contributed by atoms with Crippen molar-refractivity contribution in [2.45, 2.75) is 25.9 Å². The lowest BCUT2D eigenvalue weighted by Gasteiger charge is -2.12. The molecule has 2 N–H and O–H groups in total. The summed E-state index contributed by atoms with van der Waals surface area (Å²) >= 11 is 0. The topological polar surface area (TPSA) is 80.8 Å². The van der Waals surface area contributed by atoms with Gasteiger partial charge < -0.3 is 24.3 Å². The van der Waals surface area contributed by atoms with Gasteiger partial charge in [-0.2, -0.15) is 0 Å². The molecule has 6 heteroatoms. The molecular formula is C36H31NO5. The molecular weight excluding hydrogens is 526 g/mol. The van der Waals surface area contributed by atoms with Gasteiger partial charge in [0, 0.05) is 16.3 Å². The lowest BCUT2D eigenvalue weighted by molar-refractivity contribution is 0.142. The van der Waals surface area contributed by atoms with Crippen LogP contribution < -0.4 is 14.2 Å². The number of aromatic nitrogens is 1. The molecule has 0 aliphatic carbocycles. The van der Waals surface area contributed by atoms with Gasteiger partial charge in [-0.1, -0.05) is 97.1 Å². The maximum absolute atomic E-state index is 11.6. The van der Waals surface area contributed by atoms with Crippen LogP contribution in [0, 0.1) is 0 Å². The van der Waals surface area contributed by atoms with Crippen LogP contribution in [0.15, 0.2) is 115 Å². The van der Waals surface area contributed by atoms with Crippen LogP contribution in [0.2, 0.25) is 0 Å². The Morgan fingerprint density at radius 3 is 2.24 bits per heavy atom. The monoisotopic (exact) mass is 557 g/mol. The number of benzene rings is 5. The summed E-state index contributed by atoms with van der Waals surface area (Å²) in [7, 11) is 0. The molecule has 0 saturated heterocycles. The summed E-state index contributed by atoms with van der Waals surface area (Å²) in [5.74, 6) is 1.92. The fraction of sp³-hybridized carbons (Fsp3) is 0.139. The number of carboxylic acid groups (broad SMARTS) is 1. The van der Waals surface area contributed by atoms with Crippen molar-refractivity contribution in [1.29, 1.82) is 0 Å². The minimum absolute atomic E-state index is 0.260. The standard InChI is InChI=1S/C36H31NO5/c38-36(39)42-35-32(20-10-22-40-33-21-9-14-25-11-6-7-18-30(25)33)31-19-8-15-27(34(31)37-35)23-26-12-4-5-13-28(26)24-41-29-16-2-1-3-17-29/h1-9,11-19,21,37H,10,20,22-24H2,(H,38,39). The SMILES string of the molecule is O=C(O)Oc1[nH]c2c(Cc3ccccc3COc3ccccc3)cccc2c1CCCOc1cccc2ccccc12. The third-order valence-electron chi connectivity index (χ3n) is 7.39. The first kappa shape index (κ1) is 27.0. The van der Waals surface area contributed by atoms with Crippen LogP contribution in [0.3, 0.4) is 0 Å². The quantitative estimate of drug-likeness (QED) is 0.123. The van der Waals surface area contributed by atoms with Gasteiger partial charge in [-0.05, 0) is 59.5 Å². The van der Waals surface area contributed by atoms with Crippen LogP contribution in [-0.2, 0) is 19.4 Å². The summed E-state index contributed by atoms with van der Waals surface area (Å²) in [6.45, 7) is 0.942. The molecule has 0 unspecified atom stereocenters. The van der Waals surface area contributed by atoms with Gasteiger partial charge in [0.2, 0.25) is 5.88 Å². The second-order valence-corrected chi connectivity index (χ2v) is 10.1. The fourth-order valence-electron chi connectivity index (χ4n) is 5.39. The molecule has 0 bridgehead atoms. The second-order valence-electron chi connectivity index (χ2n) is 10.1. The molecule has 5 aromatic carbocycles. The maximum Gasteiger partial charge on any atom is 0.512 e. The summed E-state index contributed by atoms with van der Waals surface area (Å²) in [4.78, 5) is 14.8. The predicted octanol–water partition coefficient (Wildman–Crippen LogP) is 8.56. The zero-order valence-electron chi connectivity index (χ0n) is 23.1. The Morgan fingerprint density at radius 2 is 1.38 bits per heavy atom. The highest BCUT2D eigenvalue weighted by Gasteiger charge is 2.18. The molecule has 0 fully saturated rings. The van der Waals surface area contributed by atoms with Gasteiger partial charge in [-0.15, -0.1) is 0 Å². The van der Waals surface area contributed by atoms with Gasteiger partial charge in [0.15, 0.2) is 0 Å². The third-order valence-corrected chi connectivity index (χ3v) is 7.39. The molecule has 1 aromatic heterocycles. The Kier molecular flexibility index (Phi) is 8.04. The number of aryl methyl sites for hydroxylation is 1. The van der Waals surface area contributed by atoms with Crippen molar-refractivity contribution in [1.82, 2.24) is 4.98 Å². The third kappa shape index (κ3) is 6.08. The summed E-state index contributed by atoms with van der Waals surface area (Å²) in [6.07, 6.45) is 0.594. The fourth-order valence-corrected chi connectivity index (χ4v) is 5.39. The molecule has 0 saturated carbocycles. The van der Waals surface area contributed by atoms with Crippen LogP contribution >= 0.6 is 0 Å². The minimum Gasteiger partial charge on any atom is -0.493 e. The van der Waals surface area contributed by atoms with E-state index in [-0.39, 0.29) is 5.88 Å². The van der Waals surface area contributed by atoms with E-state index in [0.29, 0.717) is 32.5 Å². The molecule has 42 heavy (non-hydrogen) atoms.